The maximum absolute atomic E-state index is 12.2. The third-order valence-electron chi connectivity index (χ3n) is 3.98. The van der Waals surface area contributed by atoms with Crippen LogP contribution in [0, 0.1) is 5.92 Å². The van der Waals surface area contributed by atoms with E-state index in [4.69, 9.17) is 0 Å². The minimum atomic E-state index is 0.0378. The van der Waals surface area contributed by atoms with Crippen molar-refractivity contribution in [1.82, 2.24) is 10.6 Å². The number of benzene rings is 1. The summed E-state index contributed by atoms with van der Waals surface area (Å²) in [4.78, 5) is 12.2. The first-order chi connectivity index (χ1) is 9.08. The summed E-state index contributed by atoms with van der Waals surface area (Å²) in [6.45, 7) is 8.44. The van der Waals surface area contributed by atoms with Gasteiger partial charge in [-0.1, -0.05) is 32.9 Å². The largest absolute Gasteiger partial charge is 0.348 e. The van der Waals surface area contributed by atoms with Crippen LogP contribution in [-0.2, 0) is 0 Å². The molecule has 3 nitrogen and oxygen atoms in total. The molecule has 1 saturated heterocycles. The maximum atomic E-state index is 12.2. The number of carbonyl (C=O) groups excluding carboxylic acids is 1. The summed E-state index contributed by atoms with van der Waals surface area (Å²) >= 11 is 0. The fraction of sp³-hybridized carbons (Fsp3) is 0.562. The Hall–Kier alpha value is -1.35. The molecule has 0 aromatic heterocycles. The van der Waals surface area contributed by atoms with E-state index < -0.39 is 0 Å². The van der Waals surface area contributed by atoms with Crippen molar-refractivity contribution in [2.45, 2.75) is 39.2 Å². The SMILES string of the molecule is CC(C)c1ccc(C(=O)NC2CNCCC2C)cc1. The smallest absolute Gasteiger partial charge is 0.251 e. The molecule has 0 aliphatic carbocycles. The van der Waals surface area contributed by atoms with Crippen LogP contribution in [0.4, 0.5) is 0 Å². The number of amides is 1. The zero-order valence-electron chi connectivity index (χ0n) is 12.1. The van der Waals surface area contributed by atoms with Crippen LogP contribution in [0.2, 0.25) is 0 Å². The van der Waals surface area contributed by atoms with E-state index in [1.54, 1.807) is 0 Å². The van der Waals surface area contributed by atoms with E-state index in [1.807, 2.05) is 24.3 Å². The highest BCUT2D eigenvalue weighted by Gasteiger charge is 2.22. The molecule has 1 aromatic rings. The van der Waals surface area contributed by atoms with Gasteiger partial charge in [0.25, 0.3) is 5.91 Å². The molecular weight excluding hydrogens is 236 g/mol. The zero-order chi connectivity index (χ0) is 13.8. The molecule has 2 atom stereocenters. The van der Waals surface area contributed by atoms with Gasteiger partial charge >= 0.3 is 0 Å². The van der Waals surface area contributed by atoms with E-state index >= 15 is 0 Å². The number of piperidine rings is 1. The lowest BCUT2D eigenvalue weighted by Gasteiger charge is -2.30. The minimum Gasteiger partial charge on any atom is -0.348 e. The second-order valence-electron chi connectivity index (χ2n) is 5.83. The Balaban J connectivity index is 1.99. The van der Waals surface area contributed by atoms with Crippen molar-refractivity contribution >= 4 is 5.91 Å². The van der Waals surface area contributed by atoms with Gasteiger partial charge in [0.05, 0.1) is 0 Å². The third-order valence-corrected chi connectivity index (χ3v) is 3.98. The molecule has 1 aliphatic heterocycles. The first kappa shape index (κ1) is 14.1. The molecule has 1 heterocycles. The van der Waals surface area contributed by atoms with Crippen molar-refractivity contribution < 1.29 is 4.79 Å². The highest BCUT2D eigenvalue weighted by atomic mass is 16.1. The standard InChI is InChI=1S/C16H24N2O/c1-11(2)13-4-6-14(7-5-13)16(19)18-15-10-17-9-8-12(15)3/h4-7,11-12,15,17H,8-10H2,1-3H3,(H,18,19). The lowest BCUT2D eigenvalue weighted by Crippen LogP contribution is -2.50. The summed E-state index contributed by atoms with van der Waals surface area (Å²) in [5.74, 6) is 1.08. The van der Waals surface area contributed by atoms with Crippen LogP contribution in [-0.4, -0.2) is 25.0 Å². The molecular formula is C16H24N2O. The third kappa shape index (κ3) is 3.57. The predicted octanol–water partition coefficient (Wildman–Crippen LogP) is 2.54. The lowest BCUT2D eigenvalue weighted by molar-refractivity contribution is 0.0915. The van der Waals surface area contributed by atoms with Gasteiger partial charge in [-0.15, -0.1) is 0 Å². The van der Waals surface area contributed by atoms with Gasteiger partial charge in [-0.25, -0.2) is 0 Å². The second-order valence-corrected chi connectivity index (χ2v) is 5.83. The predicted molar refractivity (Wildman–Crippen MR) is 78.4 cm³/mol. The number of hydrogen-bond acceptors (Lipinski definition) is 2. The van der Waals surface area contributed by atoms with Crippen molar-refractivity contribution in [3.63, 3.8) is 0 Å². The molecule has 0 bridgehead atoms. The highest BCUT2D eigenvalue weighted by Crippen LogP contribution is 2.16. The zero-order valence-corrected chi connectivity index (χ0v) is 12.1. The maximum Gasteiger partial charge on any atom is 0.251 e. The Morgan fingerprint density at radius 3 is 2.58 bits per heavy atom. The van der Waals surface area contributed by atoms with Crippen LogP contribution >= 0.6 is 0 Å². The molecule has 0 saturated carbocycles. The van der Waals surface area contributed by atoms with Gasteiger partial charge in [-0.3, -0.25) is 4.79 Å². The molecule has 2 rings (SSSR count). The molecule has 2 unspecified atom stereocenters. The van der Waals surface area contributed by atoms with E-state index in [-0.39, 0.29) is 11.9 Å². The fourth-order valence-corrected chi connectivity index (χ4v) is 2.45. The van der Waals surface area contributed by atoms with Crippen LogP contribution in [0.25, 0.3) is 0 Å². The summed E-state index contributed by atoms with van der Waals surface area (Å²) in [5.41, 5.74) is 2.02. The van der Waals surface area contributed by atoms with Gasteiger partial charge in [0.2, 0.25) is 0 Å². The van der Waals surface area contributed by atoms with Crippen LogP contribution in [0.3, 0.4) is 0 Å². The minimum absolute atomic E-state index is 0.0378. The summed E-state index contributed by atoms with van der Waals surface area (Å²) in [5, 5.41) is 6.46. The Kier molecular flexibility index (Phi) is 4.59. The van der Waals surface area contributed by atoms with Gasteiger partial charge in [0.1, 0.15) is 0 Å². The van der Waals surface area contributed by atoms with Crippen LogP contribution in [0.5, 0.6) is 0 Å². The van der Waals surface area contributed by atoms with Gasteiger partial charge in [0, 0.05) is 18.2 Å². The van der Waals surface area contributed by atoms with E-state index in [9.17, 15) is 4.79 Å². The van der Waals surface area contributed by atoms with Crippen LogP contribution < -0.4 is 10.6 Å². The fourth-order valence-electron chi connectivity index (χ4n) is 2.45. The molecule has 1 amide bonds. The first-order valence-electron chi connectivity index (χ1n) is 7.19. The van der Waals surface area contributed by atoms with E-state index in [0.717, 1.165) is 25.1 Å². The van der Waals surface area contributed by atoms with Crippen LogP contribution in [0.1, 0.15) is 49.0 Å². The van der Waals surface area contributed by atoms with Crippen molar-refractivity contribution in [3.05, 3.63) is 35.4 Å². The monoisotopic (exact) mass is 260 g/mol. The average Bonchev–Trinajstić information content (AvgIpc) is 2.41. The van der Waals surface area contributed by atoms with Crippen molar-refractivity contribution in [2.24, 2.45) is 5.92 Å². The molecule has 3 heteroatoms. The quantitative estimate of drug-likeness (QED) is 0.877. The van der Waals surface area contributed by atoms with Crippen molar-refractivity contribution in [2.75, 3.05) is 13.1 Å². The average molecular weight is 260 g/mol. The number of rotatable bonds is 3. The summed E-state index contributed by atoms with van der Waals surface area (Å²) in [6, 6.07) is 8.17. The molecule has 0 radical (unpaired) electrons. The Labute approximate surface area is 115 Å². The van der Waals surface area contributed by atoms with Crippen LogP contribution in [0.15, 0.2) is 24.3 Å². The van der Waals surface area contributed by atoms with Gasteiger partial charge in [-0.2, -0.15) is 0 Å². The normalized spacial score (nSPS) is 23.4. The Morgan fingerprint density at radius 1 is 1.32 bits per heavy atom. The van der Waals surface area contributed by atoms with Crippen molar-refractivity contribution in [3.8, 4) is 0 Å². The lowest BCUT2D eigenvalue weighted by atomic mass is 9.94. The van der Waals surface area contributed by atoms with Gasteiger partial charge in [0.15, 0.2) is 0 Å². The molecule has 104 valence electrons. The van der Waals surface area contributed by atoms with Gasteiger partial charge in [-0.05, 0) is 42.5 Å². The number of carbonyl (C=O) groups is 1. The topological polar surface area (TPSA) is 41.1 Å². The first-order valence-corrected chi connectivity index (χ1v) is 7.19. The summed E-state index contributed by atoms with van der Waals surface area (Å²) in [6.07, 6.45) is 1.12. The Bertz CT molecular complexity index is 425. The second kappa shape index (κ2) is 6.20. The molecule has 1 fully saturated rings. The van der Waals surface area contributed by atoms with E-state index in [1.165, 1.54) is 5.56 Å². The van der Waals surface area contributed by atoms with Gasteiger partial charge < -0.3 is 10.6 Å². The number of hydrogen-bond donors (Lipinski definition) is 2. The molecule has 19 heavy (non-hydrogen) atoms. The van der Waals surface area contributed by atoms with E-state index in [2.05, 4.69) is 31.4 Å². The molecule has 1 aromatic carbocycles. The molecule has 0 spiro atoms. The molecule has 2 N–H and O–H groups in total. The summed E-state index contributed by atoms with van der Waals surface area (Å²) < 4.78 is 0. The summed E-state index contributed by atoms with van der Waals surface area (Å²) in [7, 11) is 0. The number of nitrogens with one attached hydrogen (secondary N) is 2. The van der Waals surface area contributed by atoms with E-state index in [0.29, 0.717) is 11.8 Å². The molecule has 1 aliphatic rings. The van der Waals surface area contributed by atoms with Crippen molar-refractivity contribution in [1.29, 1.82) is 0 Å². The highest BCUT2D eigenvalue weighted by molar-refractivity contribution is 5.94. The Morgan fingerprint density at radius 2 is 2.00 bits per heavy atom.